The second-order valence-corrected chi connectivity index (χ2v) is 2.46. The maximum atomic E-state index is 5.34. The van der Waals surface area contributed by atoms with E-state index in [1.165, 1.54) is 0 Å². The van der Waals surface area contributed by atoms with E-state index in [9.17, 15) is 0 Å². The SMILES string of the molecule is [CH-]=CCC(CCC)OCOC.[Li+]. The topological polar surface area (TPSA) is 18.5 Å². The molecule has 0 saturated heterocycles. The van der Waals surface area contributed by atoms with E-state index < -0.39 is 0 Å². The molecule has 0 heterocycles. The van der Waals surface area contributed by atoms with Crippen LogP contribution in [0.4, 0.5) is 0 Å². The van der Waals surface area contributed by atoms with Gasteiger partial charge in [0, 0.05) is 7.11 Å². The van der Waals surface area contributed by atoms with Crippen LogP contribution in [0.25, 0.3) is 0 Å². The molecule has 0 aliphatic heterocycles. The fourth-order valence-electron chi connectivity index (χ4n) is 0.907. The summed E-state index contributed by atoms with van der Waals surface area (Å²) in [4.78, 5) is 0. The van der Waals surface area contributed by atoms with E-state index in [1.54, 1.807) is 13.2 Å². The molecule has 66 valence electrons. The van der Waals surface area contributed by atoms with Crippen molar-refractivity contribution in [2.75, 3.05) is 13.9 Å². The molecule has 0 amide bonds. The van der Waals surface area contributed by atoms with Gasteiger partial charge < -0.3 is 16.1 Å². The van der Waals surface area contributed by atoms with Gasteiger partial charge in [-0.25, -0.2) is 0 Å². The summed E-state index contributed by atoms with van der Waals surface area (Å²) in [5.74, 6) is 0. The number of rotatable bonds is 7. The Balaban J connectivity index is 0. The van der Waals surface area contributed by atoms with Gasteiger partial charge in [-0.15, -0.1) is 0 Å². The minimum atomic E-state index is 0. The van der Waals surface area contributed by atoms with Crippen molar-refractivity contribution in [2.24, 2.45) is 0 Å². The van der Waals surface area contributed by atoms with Gasteiger partial charge in [-0.05, 0) is 12.8 Å². The van der Waals surface area contributed by atoms with E-state index in [0.717, 1.165) is 19.3 Å². The molecule has 0 saturated carbocycles. The molecule has 0 aliphatic rings. The Bertz CT molecular complexity index is 96.5. The summed E-state index contributed by atoms with van der Waals surface area (Å²) in [5.41, 5.74) is 0. The van der Waals surface area contributed by atoms with Crippen molar-refractivity contribution in [2.45, 2.75) is 32.3 Å². The summed E-state index contributed by atoms with van der Waals surface area (Å²) in [6.45, 7) is 7.77. The third-order valence-corrected chi connectivity index (χ3v) is 1.43. The summed E-state index contributed by atoms with van der Waals surface area (Å²) >= 11 is 0. The van der Waals surface area contributed by atoms with Crippen molar-refractivity contribution in [1.29, 1.82) is 0 Å². The first-order chi connectivity index (χ1) is 5.35. The monoisotopic (exact) mass is 164 g/mol. The number of ether oxygens (including phenoxy) is 2. The Morgan fingerprint density at radius 1 is 1.50 bits per heavy atom. The Hall–Kier alpha value is 0.257. The van der Waals surface area contributed by atoms with Crippen LogP contribution >= 0.6 is 0 Å². The first kappa shape index (κ1) is 14.8. The van der Waals surface area contributed by atoms with Crippen LogP contribution in [-0.2, 0) is 9.47 Å². The molecule has 3 heteroatoms. The van der Waals surface area contributed by atoms with E-state index in [-0.39, 0.29) is 25.0 Å². The van der Waals surface area contributed by atoms with Gasteiger partial charge in [0.25, 0.3) is 0 Å². The van der Waals surface area contributed by atoms with E-state index in [4.69, 9.17) is 16.1 Å². The number of hydrogen-bond acceptors (Lipinski definition) is 2. The second-order valence-electron chi connectivity index (χ2n) is 2.46. The molecule has 0 N–H and O–H groups in total. The molecule has 0 aromatic carbocycles. The first-order valence-corrected chi connectivity index (χ1v) is 3.99. The average molecular weight is 164 g/mol. The van der Waals surface area contributed by atoms with Gasteiger partial charge in [0.05, 0.1) is 6.10 Å². The molecular weight excluding hydrogens is 147 g/mol. The Kier molecular flexibility index (Phi) is 13.9. The van der Waals surface area contributed by atoms with Crippen molar-refractivity contribution in [3.05, 3.63) is 12.7 Å². The molecule has 1 atom stereocenters. The van der Waals surface area contributed by atoms with Crippen molar-refractivity contribution in [3.8, 4) is 0 Å². The second kappa shape index (κ2) is 11.3. The zero-order valence-corrected chi connectivity index (χ0v) is 8.38. The van der Waals surface area contributed by atoms with Gasteiger partial charge in [0.2, 0.25) is 0 Å². The van der Waals surface area contributed by atoms with Crippen molar-refractivity contribution >= 4 is 0 Å². The van der Waals surface area contributed by atoms with Crippen LogP contribution in [0.1, 0.15) is 26.2 Å². The standard InChI is InChI=1S/C9H17O2.Li/c1-4-6-9(7-5-2)11-8-10-3;/h1,4,9H,5-8H2,2-3H3;/q-1;+1. The third-order valence-electron chi connectivity index (χ3n) is 1.43. The summed E-state index contributed by atoms with van der Waals surface area (Å²) in [6.07, 6.45) is 4.82. The first-order valence-electron chi connectivity index (χ1n) is 3.99. The Labute approximate surface area is 87.5 Å². The predicted molar refractivity (Wildman–Crippen MR) is 45.1 cm³/mol. The smallest absolute Gasteiger partial charge is 0.518 e. The fraction of sp³-hybridized carbons (Fsp3) is 0.778. The van der Waals surface area contributed by atoms with Crippen molar-refractivity contribution in [1.82, 2.24) is 0 Å². The van der Waals surface area contributed by atoms with E-state index >= 15 is 0 Å². The van der Waals surface area contributed by atoms with Gasteiger partial charge in [0.15, 0.2) is 0 Å². The van der Waals surface area contributed by atoms with Crippen LogP contribution in [0.15, 0.2) is 6.08 Å². The van der Waals surface area contributed by atoms with Gasteiger partial charge >= 0.3 is 18.9 Å². The largest absolute Gasteiger partial charge is 1.00 e. The molecule has 2 nitrogen and oxygen atoms in total. The number of hydrogen-bond donors (Lipinski definition) is 0. The fourth-order valence-corrected chi connectivity index (χ4v) is 0.907. The third kappa shape index (κ3) is 8.35. The molecule has 12 heavy (non-hydrogen) atoms. The summed E-state index contributed by atoms with van der Waals surface area (Å²) < 4.78 is 10.1. The van der Waals surface area contributed by atoms with Gasteiger partial charge in [-0.2, -0.15) is 0 Å². The molecule has 0 aromatic heterocycles. The quantitative estimate of drug-likeness (QED) is 0.277. The molecule has 0 spiro atoms. The minimum absolute atomic E-state index is 0. The maximum Gasteiger partial charge on any atom is 1.00 e. The van der Waals surface area contributed by atoms with Crippen LogP contribution in [0, 0.1) is 6.58 Å². The Morgan fingerprint density at radius 2 is 2.17 bits per heavy atom. The predicted octanol–water partition coefficient (Wildman–Crippen LogP) is -0.841. The van der Waals surface area contributed by atoms with Crippen LogP contribution in [0.2, 0.25) is 0 Å². The molecule has 0 bridgehead atoms. The van der Waals surface area contributed by atoms with Crippen LogP contribution < -0.4 is 18.9 Å². The maximum absolute atomic E-state index is 5.34. The van der Waals surface area contributed by atoms with E-state index in [0.29, 0.717) is 6.79 Å². The van der Waals surface area contributed by atoms with Crippen LogP contribution in [0.5, 0.6) is 0 Å². The summed E-state index contributed by atoms with van der Waals surface area (Å²) in [5, 5.41) is 0. The molecule has 0 aromatic rings. The van der Waals surface area contributed by atoms with E-state index in [2.05, 4.69) is 6.92 Å². The molecule has 0 rings (SSSR count). The average Bonchev–Trinajstić information content (AvgIpc) is 2.01. The van der Waals surface area contributed by atoms with Gasteiger partial charge in [0.1, 0.15) is 6.79 Å². The minimum Gasteiger partial charge on any atom is -0.518 e. The summed E-state index contributed by atoms with van der Waals surface area (Å²) in [6, 6.07) is 0. The molecule has 0 aliphatic carbocycles. The molecule has 0 fully saturated rings. The van der Waals surface area contributed by atoms with Crippen molar-refractivity contribution < 1.29 is 28.3 Å². The zero-order chi connectivity index (χ0) is 8.53. The zero-order valence-electron chi connectivity index (χ0n) is 8.38. The Morgan fingerprint density at radius 3 is 2.58 bits per heavy atom. The van der Waals surface area contributed by atoms with Gasteiger partial charge in [-0.1, -0.05) is 13.3 Å². The molecule has 1 unspecified atom stereocenters. The van der Waals surface area contributed by atoms with Gasteiger partial charge in [-0.3, -0.25) is 6.08 Å². The summed E-state index contributed by atoms with van der Waals surface area (Å²) in [7, 11) is 1.62. The van der Waals surface area contributed by atoms with Crippen LogP contribution in [-0.4, -0.2) is 20.0 Å². The molecular formula is C9H17LiO2. The van der Waals surface area contributed by atoms with E-state index in [1.807, 2.05) is 0 Å². The van der Waals surface area contributed by atoms with Crippen molar-refractivity contribution in [3.63, 3.8) is 0 Å². The number of methoxy groups -OCH3 is 1. The van der Waals surface area contributed by atoms with Crippen LogP contribution in [0.3, 0.4) is 0 Å². The normalized spacial score (nSPS) is 11.8. The molecule has 0 radical (unpaired) electrons.